The SMILES string of the molecule is COC(=O)c1ccc2c(C3CCCCC3)c3n(c2c1)CC(C(=O)N1C[C@@H](C)N[C@@H](C)C1)=Cc1cc(F)ccc1-3. The van der Waals surface area contributed by atoms with Crippen LogP contribution in [0.25, 0.3) is 28.2 Å². The van der Waals surface area contributed by atoms with Gasteiger partial charge in [-0.2, -0.15) is 0 Å². The summed E-state index contributed by atoms with van der Waals surface area (Å²) >= 11 is 0. The Bertz CT molecular complexity index is 1470. The minimum absolute atomic E-state index is 0.0246. The maximum absolute atomic E-state index is 14.6. The Kier molecular flexibility index (Phi) is 6.79. The fourth-order valence-electron chi connectivity index (χ4n) is 6.98. The molecule has 1 saturated carbocycles. The zero-order valence-corrected chi connectivity index (χ0v) is 22.9. The van der Waals surface area contributed by atoms with Gasteiger partial charge in [0, 0.05) is 47.2 Å². The van der Waals surface area contributed by atoms with Crippen LogP contribution in [0, 0.1) is 5.82 Å². The number of methoxy groups -OCH3 is 1. The third kappa shape index (κ3) is 4.67. The maximum atomic E-state index is 14.6. The van der Waals surface area contributed by atoms with E-state index in [1.165, 1.54) is 38.0 Å². The number of fused-ring (bicyclic) bond motifs is 5. The van der Waals surface area contributed by atoms with Crippen LogP contribution in [0.2, 0.25) is 0 Å². The Labute approximate surface area is 228 Å². The van der Waals surface area contributed by atoms with E-state index in [0.717, 1.165) is 40.6 Å². The highest BCUT2D eigenvalue weighted by molar-refractivity contribution is 6.03. The molecule has 2 fully saturated rings. The predicted octanol–water partition coefficient (Wildman–Crippen LogP) is 5.89. The quantitative estimate of drug-likeness (QED) is 0.430. The number of rotatable bonds is 3. The summed E-state index contributed by atoms with van der Waals surface area (Å²) in [5, 5.41) is 4.59. The number of carbonyl (C=O) groups excluding carboxylic acids is 2. The molecule has 0 radical (unpaired) electrons. The minimum atomic E-state index is -0.390. The molecule has 6 rings (SSSR count). The van der Waals surface area contributed by atoms with Gasteiger partial charge in [0.05, 0.1) is 24.9 Å². The van der Waals surface area contributed by atoms with Crippen molar-refractivity contribution in [1.29, 1.82) is 0 Å². The van der Waals surface area contributed by atoms with Crippen LogP contribution in [0.4, 0.5) is 4.39 Å². The molecule has 0 unspecified atom stereocenters. The van der Waals surface area contributed by atoms with Gasteiger partial charge >= 0.3 is 5.97 Å². The van der Waals surface area contributed by atoms with Gasteiger partial charge in [-0.05, 0) is 80.1 Å². The van der Waals surface area contributed by atoms with Crippen LogP contribution in [-0.4, -0.2) is 53.6 Å². The Hall–Kier alpha value is -3.45. The topological polar surface area (TPSA) is 63.6 Å². The van der Waals surface area contributed by atoms with Crippen molar-refractivity contribution in [2.24, 2.45) is 0 Å². The average Bonchev–Trinajstić information content (AvgIpc) is 3.14. The summed E-state index contributed by atoms with van der Waals surface area (Å²) < 4.78 is 21.9. The number of amides is 1. The number of benzene rings is 2. The summed E-state index contributed by atoms with van der Waals surface area (Å²) in [5.41, 5.74) is 5.95. The number of piperazine rings is 1. The van der Waals surface area contributed by atoms with E-state index in [2.05, 4.69) is 23.7 Å². The summed E-state index contributed by atoms with van der Waals surface area (Å²) in [6.45, 7) is 5.77. The summed E-state index contributed by atoms with van der Waals surface area (Å²) in [5.74, 6) is -0.369. The second kappa shape index (κ2) is 10.3. The summed E-state index contributed by atoms with van der Waals surface area (Å²) in [7, 11) is 1.39. The molecule has 1 saturated heterocycles. The van der Waals surface area contributed by atoms with Crippen molar-refractivity contribution in [1.82, 2.24) is 14.8 Å². The van der Waals surface area contributed by atoms with Crippen molar-refractivity contribution in [3.05, 3.63) is 64.5 Å². The Morgan fingerprint density at radius 3 is 2.46 bits per heavy atom. The molecule has 1 aliphatic carbocycles. The number of nitrogens with one attached hydrogen (secondary N) is 1. The fraction of sp³-hybridized carbons (Fsp3) is 0.438. The van der Waals surface area contributed by atoms with Gasteiger partial charge in [-0.3, -0.25) is 4.79 Å². The number of carbonyl (C=O) groups is 2. The highest BCUT2D eigenvalue weighted by Crippen LogP contribution is 2.46. The average molecular weight is 530 g/mol. The third-order valence-electron chi connectivity index (χ3n) is 8.58. The zero-order valence-electron chi connectivity index (χ0n) is 22.9. The van der Waals surface area contributed by atoms with Gasteiger partial charge in [-0.15, -0.1) is 0 Å². The molecule has 1 amide bonds. The monoisotopic (exact) mass is 529 g/mol. The molecule has 1 aromatic heterocycles. The number of aromatic nitrogens is 1. The molecule has 204 valence electrons. The van der Waals surface area contributed by atoms with Gasteiger partial charge in [0.25, 0.3) is 5.91 Å². The summed E-state index contributed by atoms with van der Waals surface area (Å²) in [4.78, 5) is 28.5. The van der Waals surface area contributed by atoms with Gasteiger partial charge in [-0.25, -0.2) is 9.18 Å². The van der Waals surface area contributed by atoms with Crippen molar-refractivity contribution in [2.75, 3.05) is 20.2 Å². The molecule has 1 N–H and O–H groups in total. The molecule has 0 bridgehead atoms. The van der Waals surface area contributed by atoms with E-state index in [4.69, 9.17) is 4.74 Å². The second-order valence-corrected chi connectivity index (χ2v) is 11.5. The number of ether oxygens (including phenoxy) is 1. The van der Waals surface area contributed by atoms with Crippen LogP contribution in [-0.2, 0) is 16.1 Å². The first-order valence-electron chi connectivity index (χ1n) is 14.1. The van der Waals surface area contributed by atoms with Crippen LogP contribution < -0.4 is 5.32 Å². The van der Waals surface area contributed by atoms with E-state index >= 15 is 0 Å². The lowest BCUT2D eigenvalue weighted by Crippen LogP contribution is -2.56. The van der Waals surface area contributed by atoms with Crippen LogP contribution in [0.5, 0.6) is 0 Å². The van der Waals surface area contributed by atoms with Crippen molar-refractivity contribution in [3.63, 3.8) is 0 Å². The lowest BCUT2D eigenvalue weighted by Gasteiger charge is -2.36. The Morgan fingerprint density at radius 1 is 1.00 bits per heavy atom. The van der Waals surface area contributed by atoms with Gasteiger partial charge in [0.1, 0.15) is 5.82 Å². The molecule has 2 atom stereocenters. The third-order valence-corrected chi connectivity index (χ3v) is 8.58. The lowest BCUT2D eigenvalue weighted by atomic mass is 9.81. The van der Waals surface area contributed by atoms with E-state index in [1.54, 1.807) is 6.07 Å². The molecule has 3 aliphatic rings. The largest absolute Gasteiger partial charge is 0.465 e. The van der Waals surface area contributed by atoms with E-state index in [1.807, 2.05) is 35.2 Å². The second-order valence-electron chi connectivity index (χ2n) is 11.5. The Balaban J connectivity index is 1.57. The molecule has 2 aliphatic heterocycles. The number of nitrogens with zero attached hydrogens (tertiary/aromatic N) is 2. The van der Waals surface area contributed by atoms with Crippen LogP contribution >= 0.6 is 0 Å². The normalized spacial score (nSPS) is 21.6. The molecule has 3 aromatic rings. The van der Waals surface area contributed by atoms with E-state index in [9.17, 15) is 14.0 Å². The fourth-order valence-corrected chi connectivity index (χ4v) is 6.98. The molecule has 39 heavy (non-hydrogen) atoms. The van der Waals surface area contributed by atoms with Gasteiger partial charge in [0.2, 0.25) is 0 Å². The summed E-state index contributed by atoms with van der Waals surface area (Å²) in [6, 6.07) is 11.0. The van der Waals surface area contributed by atoms with E-state index in [-0.39, 0.29) is 23.8 Å². The van der Waals surface area contributed by atoms with Crippen molar-refractivity contribution in [3.8, 4) is 11.3 Å². The molecule has 0 spiro atoms. The Morgan fingerprint density at radius 2 is 1.74 bits per heavy atom. The lowest BCUT2D eigenvalue weighted by molar-refractivity contribution is -0.129. The van der Waals surface area contributed by atoms with Crippen LogP contribution in [0.3, 0.4) is 0 Å². The molecule has 6 nitrogen and oxygen atoms in total. The van der Waals surface area contributed by atoms with Crippen molar-refractivity contribution < 1.29 is 18.7 Å². The highest BCUT2D eigenvalue weighted by Gasteiger charge is 2.33. The molecular weight excluding hydrogens is 493 g/mol. The number of hydrogen-bond donors (Lipinski definition) is 1. The number of esters is 1. The highest BCUT2D eigenvalue weighted by atomic mass is 19.1. The smallest absolute Gasteiger partial charge is 0.337 e. The first-order chi connectivity index (χ1) is 18.8. The zero-order chi connectivity index (χ0) is 27.3. The van der Waals surface area contributed by atoms with Gasteiger partial charge < -0.3 is 19.5 Å². The molecule has 7 heteroatoms. The first-order valence-corrected chi connectivity index (χ1v) is 14.1. The predicted molar refractivity (Wildman–Crippen MR) is 151 cm³/mol. The van der Waals surface area contributed by atoms with Crippen molar-refractivity contribution in [2.45, 2.75) is 70.5 Å². The molecule has 2 aromatic carbocycles. The summed E-state index contributed by atoms with van der Waals surface area (Å²) in [6.07, 6.45) is 7.66. The van der Waals surface area contributed by atoms with E-state index < -0.39 is 5.97 Å². The van der Waals surface area contributed by atoms with Crippen LogP contribution in [0.15, 0.2) is 42.0 Å². The van der Waals surface area contributed by atoms with Gasteiger partial charge in [0.15, 0.2) is 0 Å². The number of hydrogen-bond acceptors (Lipinski definition) is 4. The first kappa shape index (κ1) is 25.8. The minimum Gasteiger partial charge on any atom is -0.465 e. The number of halogens is 1. The van der Waals surface area contributed by atoms with E-state index in [0.29, 0.717) is 36.7 Å². The van der Waals surface area contributed by atoms with Gasteiger partial charge in [-0.1, -0.05) is 25.3 Å². The molecule has 3 heterocycles. The maximum Gasteiger partial charge on any atom is 0.337 e. The molecular formula is C32H36FN3O3. The van der Waals surface area contributed by atoms with Crippen LogP contribution in [0.1, 0.15) is 73.4 Å². The van der Waals surface area contributed by atoms with Crippen molar-refractivity contribution >= 4 is 28.9 Å². The standard InChI is InChI=1S/C32H36FN3O3/c1-19-16-35(17-20(2)34-19)31(37)24-13-23-14-25(33)10-12-26(23)30-29(21-7-5-4-6-8-21)27-11-9-22(32(38)39-3)15-28(27)36(30)18-24/h9-15,19-21,34H,4-8,16-18H2,1-3H3/t19-,20+.